The molecule has 0 unspecified atom stereocenters. The van der Waals surface area contributed by atoms with Gasteiger partial charge in [0.05, 0.1) is 17.8 Å². The minimum Gasteiger partial charge on any atom is -0.456 e. The van der Waals surface area contributed by atoms with Crippen molar-refractivity contribution in [3.8, 4) is 55.6 Å². The Morgan fingerprint density at radius 2 is 0.961 bits per heavy atom. The Bertz CT molecular complexity index is 3540. The zero-order valence-corrected chi connectivity index (χ0v) is 26.9. The first kappa shape index (κ1) is 18.9. The Labute approximate surface area is 315 Å². The number of hydrogen-bond acceptors (Lipinski definition) is 1. The van der Waals surface area contributed by atoms with E-state index in [1.807, 2.05) is 103 Å². The maximum absolute atomic E-state index is 10.0. The number of furan rings is 1. The Kier molecular flexibility index (Phi) is 4.45. The average molecular weight is 662 g/mol. The number of hydrogen-bond donors (Lipinski definition) is 0. The monoisotopic (exact) mass is 661 g/mol. The van der Waals surface area contributed by atoms with Crippen LogP contribution in [0.5, 0.6) is 0 Å². The minimum atomic E-state index is -0.741. The fraction of sp³-hybridized carbons (Fsp3) is 0. The third-order valence-corrected chi connectivity index (χ3v) is 9.37. The van der Waals surface area contributed by atoms with Crippen molar-refractivity contribution in [1.82, 2.24) is 0 Å². The van der Waals surface area contributed by atoms with Gasteiger partial charge in [0, 0.05) is 10.8 Å². The van der Waals surface area contributed by atoms with Crippen molar-refractivity contribution in [3.05, 3.63) is 194 Å². The molecule has 10 rings (SSSR count). The van der Waals surface area contributed by atoms with Crippen molar-refractivity contribution >= 4 is 43.5 Å². The van der Waals surface area contributed by atoms with Gasteiger partial charge < -0.3 is 4.42 Å². The summed E-state index contributed by atoms with van der Waals surface area (Å²) in [4.78, 5) is 0. The molecule has 51 heavy (non-hydrogen) atoms. The Morgan fingerprint density at radius 3 is 1.63 bits per heavy atom. The van der Waals surface area contributed by atoms with E-state index in [0.717, 1.165) is 43.8 Å². The topological polar surface area (TPSA) is 13.1 Å². The normalized spacial score (nSPS) is 15.1. The molecule has 0 amide bonds. The lowest BCUT2D eigenvalue weighted by Gasteiger charge is -2.19. The molecule has 1 heteroatoms. The van der Waals surface area contributed by atoms with Crippen LogP contribution in [-0.4, -0.2) is 0 Å². The molecule has 0 atom stereocenters. The van der Waals surface area contributed by atoms with Gasteiger partial charge in [-0.3, -0.25) is 0 Å². The first-order chi connectivity index (χ1) is 30.7. The lowest BCUT2D eigenvalue weighted by Crippen LogP contribution is -1.93. The van der Waals surface area contributed by atoms with Gasteiger partial charge in [-0.25, -0.2) is 0 Å². The largest absolute Gasteiger partial charge is 0.456 e. The van der Waals surface area contributed by atoms with Crippen molar-refractivity contribution in [2.75, 3.05) is 0 Å². The highest BCUT2D eigenvalue weighted by atomic mass is 16.3. The molecule has 0 spiro atoms. The molecule has 0 N–H and O–H groups in total. The maximum Gasteiger partial charge on any atom is 0.136 e. The SMILES string of the molecule is [2H]c1c([2H])c([2H])c(-c2c([2H])c([2H])c(-c3c4ccccc4c(-c4cccc5oc6cc(-c7ccccc7)ccc6c45)c4ccccc34)c([2H])c2-c2c([2H])c([2H])c([2H])c([2H])c2[2H])c([2H])c1[2H]. The van der Waals surface area contributed by atoms with Crippen LogP contribution in [0.3, 0.4) is 0 Å². The zero-order chi connectivity index (χ0) is 45.0. The number of rotatable bonds is 5. The van der Waals surface area contributed by atoms with Crippen LogP contribution in [0, 0.1) is 0 Å². The first-order valence-corrected chi connectivity index (χ1v) is 16.5. The van der Waals surface area contributed by atoms with Crippen LogP contribution in [0.2, 0.25) is 0 Å². The molecule has 1 nitrogen and oxygen atoms in total. The predicted octanol–water partition coefficient (Wildman–Crippen LogP) is 14.2. The zero-order valence-electron chi connectivity index (χ0n) is 39.9. The van der Waals surface area contributed by atoms with Crippen LogP contribution in [0.15, 0.2) is 198 Å². The first-order valence-electron chi connectivity index (χ1n) is 23.0. The van der Waals surface area contributed by atoms with Gasteiger partial charge in [0.2, 0.25) is 0 Å². The Hall–Kier alpha value is -6.70. The lowest BCUT2D eigenvalue weighted by molar-refractivity contribution is 0.669. The van der Waals surface area contributed by atoms with Crippen LogP contribution >= 0.6 is 0 Å². The van der Waals surface area contributed by atoms with Gasteiger partial charge in [0.1, 0.15) is 11.2 Å². The highest BCUT2D eigenvalue weighted by Crippen LogP contribution is 2.48. The molecule has 0 radical (unpaired) electrons. The van der Waals surface area contributed by atoms with Crippen LogP contribution in [-0.2, 0) is 0 Å². The summed E-state index contributed by atoms with van der Waals surface area (Å²) in [5.41, 5.74) is 3.39. The molecule has 1 aromatic heterocycles. The van der Waals surface area contributed by atoms with Gasteiger partial charge in [-0.15, -0.1) is 0 Å². The fourth-order valence-electron chi connectivity index (χ4n) is 7.19. The highest BCUT2D eigenvalue weighted by molar-refractivity contribution is 6.25. The molecule has 0 bridgehead atoms. The third-order valence-electron chi connectivity index (χ3n) is 9.37. The summed E-state index contributed by atoms with van der Waals surface area (Å²) < 4.78 is 122. The second-order valence-corrected chi connectivity index (χ2v) is 12.2. The van der Waals surface area contributed by atoms with Crippen molar-refractivity contribution in [2.24, 2.45) is 0 Å². The quantitative estimate of drug-likeness (QED) is 0.167. The molecule has 0 saturated carbocycles. The summed E-state index contributed by atoms with van der Waals surface area (Å²) in [5, 5.41) is 4.39. The molecule has 1 heterocycles. The minimum absolute atomic E-state index is 0.109. The van der Waals surface area contributed by atoms with Crippen molar-refractivity contribution in [2.45, 2.75) is 0 Å². The van der Waals surface area contributed by atoms with Gasteiger partial charge in [-0.05, 0) is 101 Å². The smallest absolute Gasteiger partial charge is 0.136 e. The second-order valence-electron chi connectivity index (χ2n) is 12.2. The average Bonchev–Trinajstić information content (AvgIpc) is 3.70. The standard InChI is InChI=1S/C50H32O/c1-4-15-33(16-5-1)36-27-30-43-47(32-36)51-46-26-14-25-44(50(43)46)49-41-23-12-10-21-39(41)48(40-22-11-13-24-42(40)49)37-28-29-38(34-17-6-2-7-18-34)45(31-37)35-19-8-3-9-20-35/h1-32H/i2D,3D,6D,7D,8D,9D,17D,18D,19D,20D,28D,29D,31D. The maximum atomic E-state index is 10.0. The van der Waals surface area contributed by atoms with Crippen molar-refractivity contribution in [3.63, 3.8) is 0 Å². The number of benzene rings is 9. The summed E-state index contributed by atoms with van der Waals surface area (Å²) in [5.74, 6) is 0. The Morgan fingerprint density at radius 1 is 0.353 bits per heavy atom. The molecule has 0 aliphatic carbocycles. The van der Waals surface area contributed by atoms with Gasteiger partial charge >= 0.3 is 0 Å². The van der Waals surface area contributed by atoms with Crippen LogP contribution in [0.1, 0.15) is 17.8 Å². The molecular weight excluding hydrogens is 617 g/mol. The van der Waals surface area contributed by atoms with E-state index in [2.05, 4.69) is 12.1 Å². The van der Waals surface area contributed by atoms with E-state index in [9.17, 15) is 4.11 Å². The van der Waals surface area contributed by atoms with Gasteiger partial charge in [-0.1, -0.05) is 170 Å². The van der Waals surface area contributed by atoms with E-state index in [0.29, 0.717) is 27.5 Å². The van der Waals surface area contributed by atoms with E-state index < -0.39 is 101 Å². The highest BCUT2D eigenvalue weighted by Gasteiger charge is 2.21. The van der Waals surface area contributed by atoms with Gasteiger partial charge in [0.25, 0.3) is 0 Å². The van der Waals surface area contributed by atoms with Crippen LogP contribution < -0.4 is 0 Å². The molecule has 238 valence electrons. The summed E-state index contributed by atoms with van der Waals surface area (Å²) in [6.45, 7) is 0. The summed E-state index contributed by atoms with van der Waals surface area (Å²) in [6, 6.07) is 28.0. The number of fused-ring (bicyclic) bond motifs is 5. The van der Waals surface area contributed by atoms with Crippen LogP contribution in [0.25, 0.3) is 99.1 Å². The van der Waals surface area contributed by atoms with E-state index in [4.69, 9.17) is 18.1 Å². The Balaban J connectivity index is 1.34. The van der Waals surface area contributed by atoms with E-state index in [1.165, 1.54) is 0 Å². The summed E-state index contributed by atoms with van der Waals surface area (Å²) in [6.07, 6.45) is 0. The van der Waals surface area contributed by atoms with E-state index in [1.54, 1.807) is 0 Å². The molecule has 0 aliphatic rings. The lowest BCUT2D eigenvalue weighted by atomic mass is 9.83. The fourth-order valence-corrected chi connectivity index (χ4v) is 7.19. The third kappa shape index (κ3) is 4.86. The second kappa shape index (κ2) is 12.0. The summed E-state index contributed by atoms with van der Waals surface area (Å²) >= 11 is 0. The van der Waals surface area contributed by atoms with E-state index in [-0.39, 0.29) is 5.56 Å². The molecular formula is C50H32O. The molecule has 0 fully saturated rings. The van der Waals surface area contributed by atoms with Gasteiger partial charge in [-0.2, -0.15) is 0 Å². The van der Waals surface area contributed by atoms with Gasteiger partial charge in [0.15, 0.2) is 0 Å². The molecule has 0 aliphatic heterocycles. The predicted molar refractivity (Wildman–Crippen MR) is 216 cm³/mol. The van der Waals surface area contributed by atoms with Crippen molar-refractivity contribution in [1.29, 1.82) is 0 Å². The molecule has 9 aromatic carbocycles. The molecule has 10 aromatic rings. The van der Waals surface area contributed by atoms with E-state index >= 15 is 0 Å². The molecule has 0 saturated heterocycles. The van der Waals surface area contributed by atoms with Crippen LogP contribution in [0.4, 0.5) is 0 Å². The summed E-state index contributed by atoms with van der Waals surface area (Å²) in [7, 11) is 0. The van der Waals surface area contributed by atoms with Crippen molar-refractivity contribution < 1.29 is 22.2 Å².